The minimum absolute atomic E-state index is 0.0803. The number of hydrogen-bond donors (Lipinski definition) is 0. The molecule has 0 amide bonds. The van der Waals surface area contributed by atoms with E-state index >= 15 is 0 Å². The highest BCUT2D eigenvalue weighted by molar-refractivity contribution is 5.71. The molecule has 0 rings (SSSR count). The minimum Gasteiger partial charge on any atom is -0.462 e. The molecule has 0 bridgehead atoms. The molecule has 0 fully saturated rings. The third-order valence-corrected chi connectivity index (χ3v) is 14.7. The Kier molecular flexibility index (Phi) is 62.7. The second-order valence-electron chi connectivity index (χ2n) is 22.4. The molecule has 0 saturated heterocycles. The van der Waals surface area contributed by atoms with E-state index in [1.807, 2.05) is 0 Å². The maximum absolute atomic E-state index is 12.9. The number of esters is 3. The van der Waals surface area contributed by atoms with E-state index in [0.29, 0.717) is 19.3 Å². The number of hydrogen-bond acceptors (Lipinski definition) is 6. The Hall–Kier alpha value is -3.15. The number of carbonyl (C=O) groups excluding carboxylic acids is 3. The summed E-state index contributed by atoms with van der Waals surface area (Å²) in [5.74, 6) is -0.882. The molecule has 6 nitrogen and oxygen atoms in total. The van der Waals surface area contributed by atoms with Crippen molar-refractivity contribution in [1.82, 2.24) is 0 Å². The molecule has 1 unspecified atom stereocenters. The van der Waals surface area contributed by atoms with Crippen molar-refractivity contribution in [2.75, 3.05) is 13.2 Å². The number of ether oxygens (including phenoxy) is 3. The van der Waals surface area contributed by atoms with Crippen LogP contribution >= 0.6 is 0 Å². The van der Waals surface area contributed by atoms with Gasteiger partial charge in [0.25, 0.3) is 0 Å². The fourth-order valence-electron chi connectivity index (χ4n) is 9.59. The van der Waals surface area contributed by atoms with E-state index in [1.165, 1.54) is 218 Å². The van der Waals surface area contributed by atoms with Gasteiger partial charge in [0, 0.05) is 19.3 Å². The van der Waals surface area contributed by atoms with Crippen molar-refractivity contribution in [2.45, 2.75) is 348 Å². The smallest absolute Gasteiger partial charge is 0.306 e. The molecular formula is C71H126O6. The van der Waals surface area contributed by atoms with Crippen LogP contribution in [-0.4, -0.2) is 37.2 Å². The van der Waals surface area contributed by atoms with E-state index in [9.17, 15) is 14.4 Å². The minimum atomic E-state index is -0.784. The topological polar surface area (TPSA) is 78.9 Å². The molecule has 0 aromatic heterocycles. The summed E-state index contributed by atoms with van der Waals surface area (Å²) in [5, 5.41) is 0. The van der Waals surface area contributed by atoms with Crippen LogP contribution in [0.15, 0.2) is 72.9 Å². The summed E-state index contributed by atoms with van der Waals surface area (Å²) in [6.07, 6.45) is 84.8. The molecule has 0 heterocycles. The van der Waals surface area contributed by atoms with Gasteiger partial charge >= 0.3 is 17.9 Å². The second kappa shape index (κ2) is 65.4. The summed E-state index contributed by atoms with van der Waals surface area (Å²) < 4.78 is 16.9. The molecule has 1 atom stereocenters. The van der Waals surface area contributed by atoms with Crippen molar-refractivity contribution in [2.24, 2.45) is 0 Å². The van der Waals surface area contributed by atoms with Gasteiger partial charge < -0.3 is 14.2 Å². The van der Waals surface area contributed by atoms with E-state index in [2.05, 4.69) is 93.7 Å². The summed E-state index contributed by atoms with van der Waals surface area (Å²) >= 11 is 0. The highest BCUT2D eigenvalue weighted by atomic mass is 16.6. The molecule has 0 saturated carbocycles. The van der Waals surface area contributed by atoms with Gasteiger partial charge in [-0.3, -0.25) is 14.4 Å². The molecule has 0 aromatic carbocycles. The predicted octanol–water partition coefficient (Wildman–Crippen LogP) is 22.9. The van der Waals surface area contributed by atoms with Gasteiger partial charge in [0.05, 0.1) is 0 Å². The first-order valence-electron chi connectivity index (χ1n) is 33.4. The Morgan fingerprint density at radius 1 is 0.260 bits per heavy atom. The molecule has 0 aliphatic carbocycles. The van der Waals surface area contributed by atoms with Gasteiger partial charge in [-0.25, -0.2) is 0 Å². The Bertz CT molecular complexity index is 1420. The normalized spacial score (nSPS) is 12.5. The predicted molar refractivity (Wildman–Crippen MR) is 335 cm³/mol. The van der Waals surface area contributed by atoms with Gasteiger partial charge in [-0.15, -0.1) is 0 Å². The van der Waals surface area contributed by atoms with Gasteiger partial charge in [0.15, 0.2) is 6.10 Å². The van der Waals surface area contributed by atoms with Crippen LogP contribution in [-0.2, 0) is 28.6 Å². The van der Waals surface area contributed by atoms with E-state index in [1.54, 1.807) is 0 Å². The van der Waals surface area contributed by atoms with Gasteiger partial charge in [0.1, 0.15) is 13.2 Å². The molecule has 0 aromatic rings. The highest BCUT2D eigenvalue weighted by Gasteiger charge is 2.19. The largest absolute Gasteiger partial charge is 0.462 e. The summed E-state index contributed by atoms with van der Waals surface area (Å²) in [6, 6.07) is 0. The van der Waals surface area contributed by atoms with Gasteiger partial charge in [0.2, 0.25) is 0 Å². The van der Waals surface area contributed by atoms with Crippen LogP contribution in [0.4, 0.5) is 0 Å². The van der Waals surface area contributed by atoms with Crippen molar-refractivity contribution in [1.29, 1.82) is 0 Å². The number of carbonyl (C=O) groups is 3. The maximum atomic E-state index is 12.9. The van der Waals surface area contributed by atoms with Crippen LogP contribution in [0.1, 0.15) is 342 Å². The Morgan fingerprint density at radius 3 is 0.753 bits per heavy atom. The number of unbranched alkanes of at least 4 members (excludes halogenated alkanes) is 38. The van der Waals surface area contributed by atoms with Crippen molar-refractivity contribution in [3.05, 3.63) is 72.9 Å². The van der Waals surface area contributed by atoms with Crippen molar-refractivity contribution >= 4 is 17.9 Å². The van der Waals surface area contributed by atoms with Crippen molar-refractivity contribution in [3.63, 3.8) is 0 Å². The zero-order valence-electron chi connectivity index (χ0n) is 51.2. The van der Waals surface area contributed by atoms with E-state index in [4.69, 9.17) is 14.2 Å². The Balaban J connectivity index is 4.32. The van der Waals surface area contributed by atoms with Crippen LogP contribution < -0.4 is 0 Å². The van der Waals surface area contributed by atoms with E-state index in [-0.39, 0.29) is 31.1 Å². The number of allylic oxidation sites excluding steroid dienone is 12. The second-order valence-corrected chi connectivity index (χ2v) is 22.4. The molecule has 0 N–H and O–H groups in total. The fraction of sp³-hybridized carbons (Fsp3) is 0.789. The third kappa shape index (κ3) is 63.6. The van der Waals surface area contributed by atoms with Gasteiger partial charge in [-0.2, -0.15) is 0 Å². The van der Waals surface area contributed by atoms with Crippen LogP contribution in [0.25, 0.3) is 0 Å². The molecular weight excluding hydrogens is 949 g/mol. The summed E-state index contributed by atoms with van der Waals surface area (Å²) in [5.41, 5.74) is 0. The zero-order valence-corrected chi connectivity index (χ0v) is 51.2. The maximum Gasteiger partial charge on any atom is 0.306 e. The van der Waals surface area contributed by atoms with Gasteiger partial charge in [-0.05, 0) is 116 Å². The lowest BCUT2D eigenvalue weighted by Crippen LogP contribution is -2.30. The quantitative estimate of drug-likeness (QED) is 0.0261. The monoisotopic (exact) mass is 1070 g/mol. The van der Waals surface area contributed by atoms with Crippen molar-refractivity contribution in [3.8, 4) is 0 Å². The first-order valence-corrected chi connectivity index (χ1v) is 33.4. The molecule has 0 spiro atoms. The highest BCUT2D eigenvalue weighted by Crippen LogP contribution is 2.16. The average molecular weight is 1080 g/mol. The summed E-state index contributed by atoms with van der Waals surface area (Å²) in [7, 11) is 0. The lowest BCUT2D eigenvalue weighted by Gasteiger charge is -2.18. The first-order chi connectivity index (χ1) is 38.0. The van der Waals surface area contributed by atoms with Gasteiger partial charge in [-0.1, -0.05) is 280 Å². The van der Waals surface area contributed by atoms with Crippen LogP contribution in [0.3, 0.4) is 0 Å². The molecule has 446 valence electrons. The molecule has 0 aliphatic rings. The lowest BCUT2D eigenvalue weighted by molar-refractivity contribution is -0.167. The molecule has 77 heavy (non-hydrogen) atoms. The fourth-order valence-corrected chi connectivity index (χ4v) is 9.59. The van der Waals surface area contributed by atoms with Crippen LogP contribution in [0.5, 0.6) is 0 Å². The van der Waals surface area contributed by atoms with E-state index < -0.39 is 6.10 Å². The lowest BCUT2D eigenvalue weighted by atomic mass is 10.0. The van der Waals surface area contributed by atoms with E-state index in [0.717, 1.165) is 83.5 Å². The van der Waals surface area contributed by atoms with Crippen LogP contribution in [0, 0.1) is 0 Å². The average Bonchev–Trinajstić information content (AvgIpc) is 3.43. The SMILES string of the molecule is CCCCCC/C=C\CCCCCCCC(=O)OCC(COC(=O)CCCCCCCCCCCC/C=C\C/C=C\C/C=C\CCCCCCC)OC(=O)CCCCCCCCCCC/C=C\C/C=C\CCCCCCC. The zero-order chi connectivity index (χ0) is 55.7. The number of rotatable bonds is 61. The Morgan fingerprint density at radius 2 is 0.468 bits per heavy atom. The van der Waals surface area contributed by atoms with Crippen molar-refractivity contribution < 1.29 is 28.6 Å². The molecule has 6 heteroatoms. The Labute approximate surface area is 478 Å². The molecule has 0 radical (unpaired) electrons. The summed E-state index contributed by atoms with van der Waals surface area (Å²) in [4.78, 5) is 38.3. The first kappa shape index (κ1) is 73.8. The molecule has 0 aliphatic heterocycles. The third-order valence-electron chi connectivity index (χ3n) is 14.7. The summed E-state index contributed by atoms with van der Waals surface area (Å²) in [6.45, 7) is 6.63. The van der Waals surface area contributed by atoms with Crippen LogP contribution in [0.2, 0.25) is 0 Å². The standard InChI is InChI=1S/C71H126O6/c1-4-7-10-13-16-19-22-25-27-29-31-33-34-35-36-38-39-41-43-46-49-52-55-58-61-64-70(73)76-67-68(66-75-69(72)63-60-57-54-51-48-45-24-21-18-15-12-9-6-3)77-71(74)65-62-59-56-53-50-47-44-42-40-37-32-30-28-26-23-20-17-14-11-8-5-2/h21-26,29-32,34-35,68H,4-20,27-28,33,36-67H2,1-3H3/b24-21-,25-22-,26-23-,31-29-,32-30-,35-34-.